The molecule has 0 fully saturated rings. The smallest absolute Gasteiger partial charge is 0.0427 e. The molecule has 4 nitrogen and oxygen atoms in total. The van der Waals surface area contributed by atoms with Crippen LogP contribution in [-0.2, 0) is 6.42 Å². The molecule has 24 heavy (non-hydrogen) atoms. The molecule has 5 heterocycles. The molecule has 4 heteroatoms. The van der Waals surface area contributed by atoms with E-state index in [1.54, 1.807) is 0 Å². The molecule has 0 unspecified atom stereocenters. The average molecular weight is 316 g/mol. The van der Waals surface area contributed by atoms with Crippen molar-refractivity contribution in [3.63, 3.8) is 0 Å². The van der Waals surface area contributed by atoms with Gasteiger partial charge in [-0.3, -0.25) is 9.98 Å². The van der Waals surface area contributed by atoms with Gasteiger partial charge in [0.2, 0.25) is 0 Å². The van der Waals surface area contributed by atoms with Gasteiger partial charge in [-0.25, -0.2) is 0 Å². The zero-order valence-electron chi connectivity index (χ0n) is 13.6. The van der Waals surface area contributed by atoms with Crippen molar-refractivity contribution in [2.45, 2.75) is 38.5 Å². The lowest BCUT2D eigenvalue weighted by molar-refractivity contribution is 1.04. The van der Waals surface area contributed by atoms with Crippen molar-refractivity contribution in [3.05, 3.63) is 58.4 Å². The van der Waals surface area contributed by atoms with E-state index < -0.39 is 0 Å². The van der Waals surface area contributed by atoms with E-state index in [4.69, 9.17) is 9.98 Å². The second kappa shape index (κ2) is 5.48. The third-order valence-electron chi connectivity index (χ3n) is 4.91. The zero-order valence-corrected chi connectivity index (χ0v) is 13.6. The van der Waals surface area contributed by atoms with Crippen molar-refractivity contribution in [1.29, 1.82) is 0 Å². The number of hydrogen-bond acceptors (Lipinski definition) is 2. The van der Waals surface area contributed by atoms with Gasteiger partial charge in [0.05, 0.1) is 0 Å². The fraction of sp³-hybridized carbons (Fsp3) is 0.300. The molecule has 2 aromatic rings. The molecular weight excluding hydrogens is 296 g/mol. The quantitative estimate of drug-likeness (QED) is 0.719. The van der Waals surface area contributed by atoms with Crippen molar-refractivity contribution in [3.8, 4) is 0 Å². The van der Waals surface area contributed by atoms with E-state index in [1.807, 2.05) is 0 Å². The van der Waals surface area contributed by atoms with E-state index >= 15 is 0 Å². The molecule has 0 aliphatic carbocycles. The summed E-state index contributed by atoms with van der Waals surface area (Å²) in [7, 11) is 0. The van der Waals surface area contributed by atoms with E-state index in [0.29, 0.717) is 0 Å². The van der Waals surface area contributed by atoms with Gasteiger partial charge in [0.15, 0.2) is 0 Å². The number of H-pyrrole nitrogens is 2. The Morgan fingerprint density at radius 2 is 1.17 bits per heavy atom. The second-order valence-electron chi connectivity index (χ2n) is 6.86. The minimum absolute atomic E-state index is 0.884. The maximum absolute atomic E-state index is 4.83. The topological polar surface area (TPSA) is 56.3 Å². The predicted octanol–water partition coefficient (Wildman–Crippen LogP) is 4.49. The Morgan fingerprint density at radius 1 is 0.625 bits per heavy atom. The first-order valence-electron chi connectivity index (χ1n) is 8.70. The number of allylic oxidation sites excluding steroid dienone is 2. The van der Waals surface area contributed by atoms with Crippen LogP contribution in [0.15, 0.2) is 45.6 Å². The number of rotatable bonds is 0. The number of aromatic amines is 2. The first-order chi connectivity index (χ1) is 11.8. The first-order valence-corrected chi connectivity index (χ1v) is 8.70. The molecule has 2 N–H and O–H groups in total. The predicted molar refractivity (Wildman–Crippen MR) is 98.3 cm³/mol. The van der Waals surface area contributed by atoms with Crippen LogP contribution in [0.3, 0.4) is 0 Å². The van der Waals surface area contributed by atoms with E-state index in [-0.39, 0.29) is 0 Å². The van der Waals surface area contributed by atoms with Crippen LogP contribution >= 0.6 is 0 Å². The Hall–Kier alpha value is -2.62. The Kier molecular flexibility index (Phi) is 3.15. The van der Waals surface area contributed by atoms with Gasteiger partial charge in [-0.2, -0.15) is 0 Å². The standard InChI is InChI=1S/C20H20N4/c1-2-14-10-16-5-6-18(23-16)12-20-8-7-19(24-20)11-17-4-3-15(22-17)9-13(1)21-14/h1-4,10-11,21-22H,5-9,12H2. The van der Waals surface area contributed by atoms with Crippen molar-refractivity contribution in [2.24, 2.45) is 9.98 Å². The fourth-order valence-electron chi connectivity index (χ4n) is 3.73. The van der Waals surface area contributed by atoms with Crippen LogP contribution in [0.25, 0.3) is 12.2 Å². The molecule has 2 aromatic heterocycles. The molecule has 0 saturated heterocycles. The van der Waals surface area contributed by atoms with E-state index in [1.165, 1.54) is 34.2 Å². The van der Waals surface area contributed by atoms with Crippen molar-refractivity contribution >= 4 is 23.6 Å². The Morgan fingerprint density at radius 3 is 1.71 bits per heavy atom. The molecule has 0 amide bonds. The molecule has 120 valence electrons. The van der Waals surface area contributed by atoms with Crippen molar-refractivity contribution in [1.82, 2.24) is 9.97 Å². The lowest BCUT2D eigenvalue weighted by Gasteiger charge is -1.98. The van der Waals surface area contributed by atoms with Gasteiger partial charge in [-0.05, 0) is 62.1 Å². The average Bonchev–Trinajstić information content (AvgIpc) is 3.32. The number of aliphatic imine (C=N–C) groups is 2. The summed E-state index contributed by atoms with van der Waals surface area (Å²) in [6.07, 6.45) is 10.4. The maximum atomic E-state index is 4.83. The molecule has 3 aliphatic heterocycles. The van der Waals surface area contributed by atoms with Crippen LogP contribution in [0.5, 0.6) is 0 Å². The minimum atomic E-state index is 0.884. The number of aromatic nitrogens is 2. The third-order valence-corrected chi connectivity index (χ3v) is 4.91. The monoisotopic (exact) mass is 316 g/mol. The Balaban J connectivity index is 1.57. The number of nitrogens with zero attached hydrogens (tertiary/aromatic N) is 2. The van der Waals surface area contributed by atoms with Gasteiger partial charge in [-0.1, -0.05) is 0 Å². The summed E-state index contributed by atoms with van der Waals surface area (Å²) in [5, 5.41) is 0. The highest BCUT2D eigenvalue weighted by atomic mass is 14.8. The molecule has 0 aromatic carbocycles. The third kappa shape index (κ3) is 2.68. The summed E-state index contributed by atoms with van der Waals surface area (Å²) in [4.78, 5) is 16.7. The summed E-state index contributed by atoms with van der Waals surface area (Å²) in [6.45, 7) is 0. The van der Waals surface area contributed by atoms with Gasteiger partial charge in [0.1, 0.15) is 0 Å². The van der Waals surface area contributed by atoms with Crippen molar-refractivity contribution < 1.29 is 0 Å². The SMILES string of the molecule is C1=C2CCC(=N2)CC2=NC(=Cc3ccc([nH]3)Cc3ccc1[nH]3)CC2. The largest absolute Gasteiger partial charge is 0.359 e. The number of fused-ring (bicyclic) bond motifs is 6. The molecule has 0 radical (unpaired) electrons. The number of nitrogens with one attached hydrogen (secondary N) is 2. The van der Waals surface area contributed by atoms with Crippen LogP contribution in [0, 0.1) is 0 Å². The van der Waals surface area contributed by atoms with Crippen LogP contribution < -0.4 is 0 Å². The van der Waals surface area contributed by atoms with Gasteiger partial charge < -0.3 is 9.97 Å². The summed E-state index contributed by atoms with van der Waals surface area (Å²) in [6, 6.07) is 8.62. The maximum Gasteiger partial charge on any atom is 0.0427 e. The van der Waals surface area contributed by atoms with Gasteiger partial charge in [0.25, 0.3) is 0 Å². The highest BCUT2D eigenvalue weighted by molar-refractivity contribution is 6.07. The van der Waals surface area contributed by atoms with Gasteiger partial charge >= 0.3 is 0 Å². The summed E-state index contributed by atoms with van der Waals surface area (Å²) < 4.78 is 0. The van der Waals surface area contributed by atoms with E-state index in [2.05, 4.69) is 46.4 Å². The summed E-state index contributed by atoms with van der Waals surface area (Å²) >= 11 is 0. The molecule has 0 atom stereocenters. The molecule has 0 saturated carbocycles. The van der Waals surface area contributed by atoms with E-state index in [9.17, 15) is 0 Å². The van der Waals surface area contributed by atoms with Crippen LogP contribution in [-0.4, -0.2) is 21.4 Å². The normalized spacial score (nSPS) is 19.7. The summed E-state index contributed by atoms with van der Waals surface area (Å²) in [5.41, 5.74) is 9.65. The number of hydrogen-bond donors (Lipinski definition) is 2. The van der Waals surface area contributed by atoms with Crippen LogP contribution in [0.2, 0.25) is 0 Å². The highest BCUT2D eigenvalue weighted by Gasteiger charge is 2.18. The first kappa shape index (κ1) is 13.8. The lowest BCUT2D eigenvalue weighted by atomic mass is 10.1. The van der Waals surface area contributed by atoms with Crippen molar-refractivity contribution in [2.75, 3.05) is 0 Å². The van der Waals surface area contributed by atoms with Gasteiger partial charge in [0, 0.05) is 58.4 Å². The van der Waals surface area contributed by atoms with Gasteiger partial charge in [-0.15, -0.1) is 0 Å². The second-order valence-corrected chi connectivity index (χ2v) is 6.86. The minimum Gasteiger partial charge on any atom is -0.359 e. The summed E-state index contributed by atoms with van der Waals surface area (Å²) in [5.74, 6) is 0. The lowest BCUT2D eigenvalue weighted by Crippen LogP contribution is -2.02. The highest BCUT2D eigenvalue weighted by Crippen LogP contribution is 2.26. The zero-order chi connectivity index (χ0) is 15.9. The van der Waals surface area contributed by atoms with Crippen LogP contribution in [0.4, 0.5) is 0 Å². The molecule has 5 rings (SSSR count). The molecule has 3 aliphatic rings. The molecule has 8 bridgehead atoms. The van der Waals surface area contributed by atoms with Crippen LogP contribution in [0.1, 0.15) is 54.9 Å². The Labute approximate surface area is 141 Å². The molecule has 0 spiro atoms. The Bertz CT molecular complexity index is 843. The molecular formula is C20H20N4. The fourth-order valence-corrected chi connectivity index (χ4v) is 3.73. The van der Waals surface area contributed by atoms with E-state index in [0.717, 1.165) is 49.9 Å².